The number of isocyanates is 1. The highest BCUT2D eigenvalue weighted by Gasteiger charge is 1.84. The number of nitrogens with zero attached hydrogens (tertiary/aromatic N) is 1. The van der Waals surface area contributed by atoms with Crippen molar-refractivity contribution >= 4 is 12.2 Å². The molecular formula is C10H9NO. The Labute approximate surface area is 71.3 Å². The maximum Gasteiger partial charge on any atom is 0.239 e. The minimum atomic E-state index is 1.03. The highest BCUT2D eigenvalue weighted by atomic mass is 16.1. The molecule has 12 heavy (non-hydrogen) atoms. The molecule has 0 fully saturated rings. The number of benzene rings is 1. The fourth-order valence-electron chi connectivity index (χ4n) is 0.831. The smallest absolute Gasteiger partial charge is 0.211 e. The van der Waals surface area contributed by atoms with Crippen LogP contribution in [-0.4, -0.2) is 6.08 Å². The van der Waals surface area contributed by atoms with E-state index in [4.69, 9.17) is 0 Å². The zero-order chi connectivity index (χ0) is 8.81. The molecule has 0 aliphatic carbocycles. The third-order valence-electron chi connectivity index (χ3n) is 1.47. The van der Waals surface area contributed by atoms with Gasteiger partial charge in [-0.25, -0.2) is 4.79 Å². The molecule has 0 radical (unpaired) electrons. The van der Waals surface area contributed by atoms with E-state index in [0.717, 1.165) is 5.56 Å². The molecule has 1 aromatic carbocycles. The zero-order valence-corrected chi connectivity index (χ0v) is 6.82. The molecule has 1 aromatic rings. The predicted molar refractivity (Wildman–Crippen MR) is 48.3 cm³/mol. The number of rotatable bonds is 2. The van der Waals surface area contributed by atoms with Crippen molar-refractivity contribution < 1.29 is 4.79 Å². The Hall–Kier alpha value is -1.66. The highest BCUT2D eigenvalue weighted by molar-refractivity contribution is 5.51. The largest absolute Gasteiger partial charge is 0.239 e. The number of hydrogen-bond acceptors (Lipinski definition) is 2. The lowest BCUT2D eigenvalue weighted by Gasteiger charge is -1.92. The van der Waals surface area contributed by atoms with Crippen LogP contribution in [-0.2, 0) is 4.79 Å². The van der Waals surface area contributed by atoms with Gasteiger partial charge in [0, 0.05) is 6.20 Å². The number of carbonyl (C=O) groups excluding carboxylic acids is 1. The summed E-state index contributed by atoms with van der Waals surface area (Å²) in [5.74, 6) is 0. The third kappa shape index (κ3) is 2.52. The number of aryl methyl sites for hydroxylation is 1. The fraction of sp³-hybridized carbons (Fsp3) is 0.100. The average molecular weight is 159 g/mol. The first-order chi connectivity index (χ1) is 5.83. The first kappa shape index (κ1) is 8.44. The molecule has 0 aliphatic heterocycles. The second kappa shape index (κ2) is 4.27. The summed E-state index contributed by atoms with van der Waals surface area (Å²) < 4.78 is 0. The van der Waals surface area contributed by atoms with E-state index >= 15 is 0 Å². The van der Waals surface area contributed by atoms with Crippen LogP contribution in [0.15, 0.2) is 35.5 Å². The van der Waals surface area contributed by atoms with Crippen molar-refractivity contribution in [3.05, 3.63) is 41.6 Å². The summed E-state index contributed by atoms with van der Waals surface area (Å²) in [6, 6.07) is 7.94. The Morgan fingerprint density at radius 2 is 2.00 bits per heavy atom. The van der Waals surface area contributed by atoms with Crippen LogP contribution in [0.2, 0.25) is 0 Å². The van der Waals surface area contributed by atoms with Crippen molar-refractivity contribution in [1.29, 1.82) is 0 Å². The van der Waals surface area contributed by atoms with Crippen molar-refractivity contribution in [2.45, 2.75) is 6.92 Å². The van der Waals surface area contributed by atoms with E-state index in [1.165, 1.54) is 17.8 Å². The van der Waals surface area contributed by atoms with Crippen LogP contribution in [0.25, 0.3) is 6.08 Å². The predicted octanol–water partition coefficient (Wildman–Crippen LogP) is 2.30. The first-order valence-corrected chi connectivity index (χ1v) is 3.63. The Morgan fingerprint density at radius 1 is 1.33 bits per heavy atom. The molecule has 0 unspecified atom stereocenters. The van der Waals surface area contributed by atoms with E-state index in [0.29, 0.717) is 0 Å². The van der Waals surface area contributed by atoms with Gasteiger partial charge in [0.1, 0.15) is 0 Å². The van der Waals surface area contributed by atoms with Crippen LogP contribution in [0.4, 0.5) is 0 Å². The van der Waals surface area contributed by atoms with Gasteiger partial charge in [-0.3, -0.25) is 0 Å². The van der Waals surface area contributed by atoms with Gasteiger partial charge in [-0.15, -0.1) is 0 Å². The Balaban J connectivity index is 2.77. The fourth-order valence-corrected chi connectivity index (χ4v) is 0.831. The van der Waals surface area contributed by atoms with Gasteiger partial charge in [0.2, 0.25) is 6.08 Å². The van der Waals surface area contributed by atoms with E-state index in [1.807, 2.05) is 31.2 Å². The molecular weight excluding hydrogens is 150 g/mol. The quantitative estimate of drug-likeness (QED) is 0.481. The van der Waals surface area contributed by atoms with Crippen LogP contribution in [0.3, 0.4) is 0 Å². The summed E-state index contributed by atoms with van der Waals surface area (Å²) in [4.78, 5) is 13.0. The SMILES string of the molecule is Cc1ccc(C=CN=C=O)cc1. The van der Waals surface area contributed by atoms with Crippen LogP contribution >= 0.6 is 0 Å². The van der Waals surface area contributed by atoms with Gasteiger partial charge in [0.25, 0.3) is 0 Å². The zero-order valence-electron chi connectivity index (χ0n) is 6.82. The van der Waals surface area contributed by atoms with Gasteiger partial charge >= 0.3 is 0 Å². The Kier molecular flexibility index (Phi) is 3.00. The second-order valence-electron chi connectivity index (χ2n) is 2.45. The van der Waals surface area contributed by atoms with Gasteiger partial charge in [0.15, 0.2) is 0 Å². The summed E-state index contributed by atoms with van der Waals surface area (Å²) in [5, 5.41) is 0. The minimum absolute atomic E-state index is 1.03. The topological polar surface area (TPSA) is 29.4 Å². The van der Waals surface area contributed by atoms with Crippen molar-refractivity contribution in [3.8, 4) is 0 Å². The molecule has 2 nitrogen and oxygen atoms in total. The third-order valence-corrected chi connectivity index (χ3v) is 1.47. The standard InChI is InChI=1S/C10H9NO/c1-9-2-4-10(5-3-9)6-7-11-8-12/h2-7H,1H3. The highest BCUT2D eigenvalue weighted by Crippen LogP contribution is 2.04. The van der Waals surface area contributed by atoms with Crippen molar-refractivity contribution in [1.82, 2.24) is 0 Å². The lowest BCUT2D eigenvalue weighted by atomic mass is 10.1. The van der Waals surface area contributed by atoms with Crippen LogP contribution < -0.4 is 0 Å². The molecule has 0 saturated heterocycles. The Bertz CT molecular complexity index is 318. The molecule has 2 heteroatoms. The van der Waals surface area contributed by atoms with Gasteiger partial charge in [-0.1, -0.05) is 29.8 Å². The van der Waals surface area contributed by atoms with Gasteiger partial charge < -0.3 is 0 Å². The van der Waals surface area contributed by atoms with Crippen molar-refractivity contribution in [2.24, 2.45) is 4.99 Å². The van der Waals surface area contributed by atoms with Crippen molar-refractivity contribution in [2.75, 3.05) is 0 Å². The molecule has 0 N–H and O–H groups in total. The van der Waals surface area contributed by atoms with E-state index < -0.39 is 0 Å². The van der Waals surface area contributed by atoms with Gasteiger partial charge in [-0.05, 0) is 18.6 Å². The van der Waals surface area contributed by atoms with E-state index in [1.54, 1.807) is 6.08 Å². The molecule has 0 aliphatic rings. The second-order valence-corrected chi connectivity index (χ2v) is 2.45. The normalized spacial score (nSPS) is 9.75. The number of aliphatic imine (C=N–C) groups is 1. The molecule has 1 rings (SSSR count). The molecule has 0 aromatic heterocycles. The molecule has 60 valence electrons. The van der Waals surface area contributed by atoms with Crippen LogP contribution in [0, 0.1) is 6.92 Å². The average Bonchev–Trinajstić information content (AvgIpc) is 2.09. The molecule has 0 bridgehead atoms. The van der Waals surface area contributed by atoms with Gasteiger partial charge in [0.05, 0.1) is 0 Å². The molecule has 0 saturated carbocycles. The minimum Gasteiger partial charge on any atom is -0.211 e. The molecule has 0 spiro atoms. The summed E-state index contributed by atoms with van der Waals surface area (Å²) in [7, 11) is 0. The Morgan fingerprint density at radius 3 is 2.58 bits per heavy atom. The lowest BCUT2D eigenvalue weighted by Crippen LogP contribution is -1.72. The number of hydrogen-bond donors (Lipinski definition) is 0. The summed E-state index contributed by atoms with van der Waals surface area (Å²) in [6.45, 7) is 2.02. The van der Waals surface area contributed by atoms with E-state index in [-0.39, 0.29) is 0 Å². The monoisotopic (exact) mass is 159 g/mol. The van der Waals surface area contributed by atoms with E-state index in [2.05, 4.69) is 4.99 Å². The molecule has 0 heterocycles. The summed E-state index contributed by atoms with van der Waals surface area (Å²) in [5.41, 5.74) is 2.24. The maximum absolute atomic E-state index is 9.71. The first-order valence-electron chi connectivity index (χ1n) is 3.63. The van der Waals surface area contributed by atoms with E-state index in [9.17, 15) is 4.79 Å². The van der Waals surface area contributed by atoms with Crippen LogP contribution in [0.1, 0.15) is 11.1 Å². The van der Waals surface area contributed by atoms with Gasteiger partial charge in [-0.2, -0.15) is 4.99 Å². The molecule has 0 amide bonds. The molecule has 0 atom stereocenters. The maximum atomic E-state index is 9.71. The summed E-state index contributed by atoms with van der Waals surface area (Å²) in [6.07, 6.45) is 4.62. The lowest BCUT2D eigenvalue weighted by molar-refractivity contribution is 0.565. The van der Waals surface area contributed by atoms with Crippen LogP contribution in [0.5, 0.6) is 0 Å². The van der Waals surface area contributed by atoms with Crippen molar-refractivity contribution in [3.63, 3.8) is 0 Å². The summed E-state index contributed by atoms with van der Waals surface area (Å²) >= 11 is 0.